The van der Waals surface area contributed by atoms with Gasteiger partial charge in [0.05, 0.1) is 17.6 Å². The van der Waals surface area contributed by atoms with Crippen LogP contribution in [0.25, 0.3) is 0 Å². The number of hydrogen-bond donors (Lipinski definition) is 0. The highest BCUT2D eigenvalue weighted by Crippen LogP contribution is 2.29. The van der Waals surface area contributed by atoms with E-state index in [1.807, 2.05) is 24.3 Å². The molecule has 2 aromatic carbocycles. The van der Waals surface area contributed by atoms with E-state index in [9.17, 15) is 13.2 Å². The second-order valence-electron chi connectivity index (χ2n) is 7.55. The number of carbonyl (C=O) groups excluding carboxylic acids is 1. The lowest BCUT2D eigenvalue weighted by molar-refractivity contribution is 0.0993. The van der Waals surface area contributed by atoms with Gasteiger partial charge in [-0.05, 0) is 55.9 Å². The lowest BCUT2D eigenvalue weighted by Gasteiger charge is -2.09. The highest BCUT2D eigenvalue weighted by molar-refractivity contribution is 7.91. The van der Waals surface area contributed by atoms with Gasteiger partial charge in [0, 0.05) is 12.0 Å². The van der Waals surface area contributed by atoms with E-state index in [1.54, 1.807) is 38.1 Å². The van der Waals surface area contributed by atoms with Gasteiger partial charge in [-0.3, -0.25) is 4.79 Å². The number of benzene rings is 2. The first-order chi connectivity index (χ1) is 12.8. The second-order valence-corrected chi connectivity index (χ2v) is 10.1. The summed E-state index contributed by atoms with van der Waals surface area (Å²) in [6.07, 6.45) is 2.83. The van der Waals surface area contributed by atoms with Crippen LogP contribution in [0.1, 0.15) is 48.2 Å². The molecule has 27 heavy (non-hydrogen) atoms. The summed E-state index contributed by atoms with van der Waals surface area (Å²) in [5.41, 5.74) is 2.23. The van der Waals surface area contributed by atoms with Crippen LogP contribution in [0.3, 0.4) is 0 Å². The van der Waals surface area contributed by atoms with Gasteiger partial charge in [0.15, 0.2) is 15.6 Å². The highest BCUT2D eigenvalue weighted by atomic mass is 32.2. The molecule has 0 saturated heterocycles. The van der Waals surface area contributed by atoms with Crippen molar-refractivity contribution < 1.29 is 17.9 Å². The minimum Gasteiger partial charge on any atom is -0.493 e. The molecule has 0 heterocycles. The molecule has 1 aliphatic rings. The molecule has 4 nitrogen and oxygen atoms in total. The van der Waals surface area contributed by atoms with Crippen LogP contribution in [-0.2, 0) is 22.0 Å². The van der Waals surface area contributed by atoms with Crippen molar-refractivity contribution in [3.8, 4) is 5.75 Å². The summed E-state index contributed by atoms with van der Waals surface area (Å²) >= 11 is 0. The number of rotatable bonds is 9. The SMILES string of the molecule is CC(C)S(=O)(=O)Cc1ccc(C(=O)Cc2ccc(OCC3CC3)cc2)cc1. The third-order valence-electron chi connectivity index (χ3n) is 4.83. The van der Waals surface area contributed by atoms with Crippen molar-refractivity contribution in [3.63, 3.8) is 0 Å². The molecule has 3 rings (SSSR count). The van der Waals surface area contributed by atoms with Crippen molar-refractivity contribution in [2.75, 3.05) is 6.61 Å². The van der Waals surface area contributed by atoms with Gasteiger partial charge in [-0.1, -0.05) is 36.4 Å². The number of ether oxygens (including phenoxy) is 1. The maximum Gasteiger partial charge on any atom is 0.167 e. The number of carbonyl (C=O) groups is 1. The molecule has 0 radical (unpaired) electrons. The van der Waals surface area contributed by atoms with Gasteiger partial charge in [-0.2, -0.15) is 0 Å². The molecule has 0 unspecified atom stereocenters. The molecule has 0 aromatic heterocycles. The first-order valence-electron chi connectivity index (χ1n) is 9.39. The van der Waals surface area contributed by atoms with E-state index in [0.717, 1.165) is 17.9 Å². The molecule has 2 aromatic rings. The van der Waals surface area contributed by atoms with Gasteiger partial charge >= 0.3 is 0 Å². The Labute approximate surface area is 161 Å². The average molecular weight is 387 g/mol. The van der Waals surface area contributed by atoms with Crippen molar-refractivity contribution in [1.82, 2.24) is 0 Å². The fraction of sp³-hybridized carbons (Fsp3) is 0.409. The normalized spacial score (nSPS) is 14.3. The summed E-state index contributed by atoms with van der Waals surface area (Å²) in [4.78, 5) is 12.5. The van der Waals surface area contributed by atoms with Gasteiger partial charge in [-0.25, -0.2) is 8.42 Å². The van der Waals surface area contributed by atoms with E-state index in [1.165, 1.54) is 12.8 Å². The van der Waals surface area contributed by atoms with E-state index in [0.29, 0.717) is 23.5 Å². The first-order valence-corrected chi connectivity index (χ1v) is 11.1. The van der Waals surface area contributed by atoms with E-state index in [2.05, 4.69) is 0 Å². The molecule has 5 heteroatoms. The number of Topliss-reactive ketones (excluding diaryl/α,β-unsaturated/α-hetero) is 1. The topological polar surface area (TPSA) is 60.4 Å². The van der Waals surface area contributed by atoms with E-state index in [-0.39, 0.29) is 11.5 Å². The van der Waals surface area contributed by atoms with Crippen LogP contribution in [0.2, 0.25) is 0 Å². The smallest absolute Gasteiger partial charge is 0.167 e. The molecule has 0 amide bonds. The van der Waals surface area contributed by atoms with Crippen LogP contribution >= 0.6 is 0 Å². The zero-order valence-electron chi connectivity index (χ0n) is 15.9. The predicted octanol–water partition coefficient (Wildman–Crippen LogP) is 4.22. The Morgan fingerprint density at radius 3 is 2.15 bits per heavy atom. The fourth-order valence-corrected chi connectivity index (χ4v) is 3.67. The standard InChI is InChI=1S/C22H26O4S/c1-16(2)27(24,25)15-19-5-9-20(10-6-19)22(23)13-17-7-11-21(12-8-17)26-14-18-3-4-18/h5-12,16,18H,3-4,13-15H2,1-2H3. The van der Waals surface area contributed by atoms with Gasteiger partial charge in [-0.15, -0.1) is 0 Å². The number of ketones is 1. The lowest BCUT2D eigenvalue weighted by atomic mass is 10.0. The van der Waals surface area contributed by atoms with Gasteiger partial charge in [0.2, 0.25) is 0 Å². The Hall–Kier alpha value is -2.14. The van der Waals surface area contributed by atoms with Crippen molar-refractivity contribution in [2.45, 2.75) is 44.1 Å². The molecular formula is C22H26O4S. The molecule has 144 valence electrons. The molecule has 0 aliphatic heterocycles. The summed E-state index contributed by atoms with van der Waals surface area (Å²) in [6, 6.07) is 14.5. The van der Waals surface area contributed by atoms with Crippen LogP contribution in [0.4, 0.5) is 0 Å². The second kappa shape index (κ2) is 8.26. The zero-order valence-corrected chi connectivity index (χ0v) is 16.7. The van der Waals surface area contributed by atoms with Crippen molar-refractivity contribution >= 4 is 15.6 Å². The van der Waals surface area contributed by atoms with Crippen LogP contribution < -0.4 is 4.74 Å². The summed E-state index contributed by atoms with van der Waals surface area (Å²) in [7, 11) is -3.14. The maximum absolute atomic E-state index is 12.5. The monoisotopic (exact) mass is 386 g/mol. The van der Waals surface area contributed by atoms with Gasteiger partial charge in [0.25, 0.3) is 0 Å². The number of hydrogen-bond acceptors (Lipinski definition) is 4. The Kier molecular flexibility index (Phi) is 6.00. The first kappa shape index (κ1) is 19.6. The van der Waals surface area contributed by atoms with Crippen molar-refractivity contribution in [2.24, 2.45) is 5.92 Å². The summed E-state index contributed by atoms with van der Waals surface area (Å²) in [5.74, 6) is 1.57. The van der Waals surface area contributed by atoms with E-state index < -0.39 is 15.1 Å². The molecule has 1 aliphatic carbocycles. The Bertz CT molecular complexity index is 877. The minimum absolute atomic E-state index is 0.00144. The molecule has 0 N–H and O–H groups in total. The highest BCUT2D eigenvalue weighted by Gasteiger charge is 2.21. The maximum atomic E-state index is 12.5. The number of sulfone groups is 1. The molecule has 0 bridgehead atoms. The van der Waals surface area contributed by atoms with Crippen LogP contribution in [0.15, 0.2) is 48.5 Å². The minimum atomic E-state index is -3.14. The molecule has 0 atom stereocenters. The Morgan fingerprint density at radius 2 is 1.59 bits per heavy atom. The predicted molar refractivity (Wildman–Crippen MR) is 107 cm³/mol. The fourth-order valence-electron chi connectivity index (χ4n) is 2.68. The van der Waals surface area contributed by atoms with Crippen LogP contribution in [0, 0.1) is 5.92 Å². The largest absolute Gasteiger partial charge is 0.493 e. The van der Waals surface area contributed by atoms with E-state index >= 15 is 0 Å². The molecule has 1 saturated carbocycles. The summed E-state index contributed by atoms with van der Waals surface area (Å²) in [6.45, 7) is 4.13. The Morgan fingerprint density at radius 1 is 1.00 bits per heavy atom. The lowest BCUT2D eigenvalue weighted by Crippen LogP contribution is -2.16. The summed E-state index contributed by atoms with van der Waals surface area (Å²) < 4.78 is 29.7. The van der Waals surface area contributed by atoms with Gasteiger partial charge < -0.3 is 4.74 Å². The molecular weight excluding hydrogens is 360 g/mol. The zero-order chi connectivity index (χ0) is 19.4. The third kappa shape index (κ3) is 5.67. The van der Waals surface area contributed by atoms with Crippen LogP contribution in [0.5, 0.6) is 5.75 Å². The molecule has 1 fully saturated rings. The Balaban J connectivity index is 1.57. The van der Waals surface area contributed by atoms with Gasteiger partial charge in [0.1, 0.15) is 5.75 Å². The third-order valence-corrected chi connectivity index (χ3v) is 7.00. The van der Waals surface area contributed by atoms with Crippen molar-refractivity contribution in [3.05, 3.63) is 65.2 Å². The quantitative estimate of drug-likeness (QED) is 0.605. The molecule has 0 spiro atoms. The van der Waals surface area contributed by atoms with Crippen molar-refractivity contribution in [1.29, 1.82) is 0 Å². The summed E-state index contributed by atoms with van der Waals surface area (Å²) in [5, 5.41) is -0.407. The van der Waals surface area contributed by atoms with E-state index in [4.69, 9.17) is 4.74 Å². The average Bonchev–Trinajstić information content (AvgIpc) is 3.46. The van der Waals surface area contributed by atoms with Crippen LogP contribution in [-0.4, -0.2) is 26.1 Å².